The molecule has 1 atom stereocenters. The smallest absolute Gasteiger partial charge is 0.146 e. The fraction of sp³-hybridized carbons (Fsp3) is 0.467. The molecule has 4 nitrogen and oxygen atoms in total. The molecule has 0 saturated heterocycles. The molecule has 0 amide bonds. The zero-order valence-electron chi connectivity index (χ0n) is 12.2. The summed E-state index contributed by atoms with van der Waals surface area (Å²) in [6, 6.07) is 3.54. The van der Waals surface area contributed by atoms with E-state index in [1.165, 1.54) is 6.20 Å². The van der Waals surface area contributed by atoms with Crippen molar-refractivity contribution in [3.63, 3.8) is 0 Å². The average molecular weight is 276 g/mol. The molecule has 0 aliphatic carbocycles. The molecule has 2 heterocycles. The maximum Gasteiger partial charge on any atom is 0.146 e. The fourth-order valence-electron chi connectivity index (χ4n) is 2.33. The molecule has 0 bridgehead atoms. The minimum atomic E-state index is -0.289. The number of aromatic nitrogens is 3. The van der Waals surface area contributed by atoms with Crippen LogP contribution in [0.1, 0.15) is 43.3 Å². The summed E-state index contributed by atoms with van der Waals surface area (Å²) in [7, 11) is 0. The molecule has 0 saturated carbocycles. The summed E-state index contributed by atoms with van der Waals surface area (Å²) in [4.78, 5) is 3.82. The van der Waals surface area contributed by atoms with Crippen molar-refractivity contribution in [3.05, 3.63) is 47.3 Å². The lowest BCUT2D eigenvalue weighted by Crippen LogP contribution is -2.26. The fourth-order valence-corrected chi connectivity index (χ4v) is 2.33. The Balaban J connectivity index is 2.44. The zero-order valence-corrected chi connectivity index (χ0v) is 12.2. The minimum absolute atomic E-state index is 0.195. The van der Waals surface area contributed by atoms with Gasteiger partial charge in [-0.15, -0.1) is 0 Å². The Labute approximate surface area is 119 Å². The van der Waals surface area contributed by atoms with E-state index in [0.29, 0.717) is 5.56 Å². The van der Waals surface area contributed by atoms with Crippen LogP contribution in [0.5, 0.6) is 0 Å². The zero-order chi connectivity index (χ0) is 14.5. The van der Waals surface area contributed by atoms with Gasteiger partial charge in [0, 0.05) is 18.3 Å². The van der Waals surface area contributed by atoms with Gasteiger partial charge in [0.2, 0.25) is 0 Å². The van der Waals surface area contributed by atoms with Crippen LogP contribution in [0.2, 0.25) is 0 Å². The first-order valence-electron chi connectivity index (χ1n) is 7.04. The molecule has 108 valence electrons. The van der Waals surface area contributed by atoms with Crippen LogP contribution in [-0.2, 0) is 6.54 Å². The van der Waals surface area contributed by atoms with Gasteiger partial charge in [-0.2, -0.15) is 5.10 Å². The highest BCUT2D eigenvalue weighted by Crippen LogP contribution is 2.24. The molecule has 5 heteroatoms. The first-order chi connectivity index (χ1) is 9.67. The van der Waals surface area contributed by atoms with Crippen LogP contribution in [0, 0.1) is 12.7 Å². The van der Waals surface area contributed by atoms with Gasteiger partial charge in [-0.1, -0.05) is 6.92 Å². The molecule has 0 radical (unpaired) electrons. The molecule has 2 aromatic heterocycles. The number of halogens is 1. The van der Waals surface area contributed by atoms with Crippen molar-refractivity contribution in [3.8, 4) is 0 Å². The first-order valence-corrected chi connectivity index (χ1v) is 7.04. The first kappa shape index (κ1) is 14.7. The Morgan fingerprint density at radius 1 is 1.40 bits per heavy atom. The second-order valence-electron chi connectivity index (χ2n) is 4.81. The van der Waals surface area contributed by atoms with E-state index in [2.05, 4.69) is 22.3 Å². The Kier molecular flexibility index (Phi) is 4.84. The number of aryl methyl sites for hydroxylation is 2. The topological polar surface area (TPSA) is 42.7 Å². The standard InChI is InChI=1S/C15H21FN4/c1-4-7-18-15(12-6-8-17-10-13(12)16)14-9-11(3)19-20(14)5-2/h6,8-10,15,18H,4-5,7H2,1-3H3. The lowest BCUT2D eigenvalue weighted by molar-refractivity contribution is 0.503. The number of nitrogens with one attached hydrogen (secondary N) is 1. The summed E-state index contributed by atoms with van der Waals surface area (Å²) in [5.41, 5.74) is 2.55. The molecule has 0 spiro atoms. The lowest BCUT2D eigenvalue weighted by atomic mass is 10.0. The molecule has 1 unspecified atom stereocenters. The molecule has 2 rings (SSSR count). The van der Waals surface area contributed by atoms with Crippen LogP contribution in [0.15, 0.2) is 24.5 Å². The van der Waals surface area contributed by atoms with Crippen molar-refractivity contribution in [2.45, 2.75) is 39.8 Å². The lowest BCUT2D eigenvalue weighted by Gasteiger charge is -2.20. The number of pyridine rings is 1. The maximum absolute atomic E-state index is 14.1. The van der Waals surface area contributed by atoms with Gasteiger partial charge in [0.1, 0.15) is 5.82 Å². The van der Waals surface area contributed by atoms with Crippen molar-refractivity contribution in [1.29, 1.82) is 0 Å². The Morgan fingerprint density at radius 2 is 2.20 bits per heavy atom. The Morgan fingerprint density at radius 3 is 2.85 bits per heavy atom. The summed E-state index contributed by atoms with van der Waals surface area (Å²) in [6.07, 6.45) is 3.87. The number of rotatable bonds is 6. The van der Waals surface area contributed by atoms with Crippen molar-refractivity contribution >= 4 is 0 Å². The van der Waals surface area contributed by atoms with Crippen molar-refractivity contribution in [2.75, 3.05) is 6.54 Å². The van der Waals surface area contributed by atoms with Crippen LogP contribution in [-0.4, -0.2) is 21.3 Å². The average Bonchev–Trinajstić information content (AvgIpc) is 2.82. The normalized spacial score (nSPS) is 12.6. The molecular weight excluding hydrogens is 255 g/mol. The van der Waals surface area contributed by atoms with Crippen LogP contribution >= 0.6 is 0 Å². The highest BCUT2D eigenvalue weighted by Gasteiger charge is 2.21. The van der Waals surface area contributed by atoms with Crippen molar-refractivity contribution in [1.82, 2.24) is 20.1 Å². The third kappa shape index (κ3) is 3.04. The van der Waals surface area contributed by atoms with Gasteiger partial charge in [0.05, 0.1) is 23.6 Å². The summed E-state index contributed by atoms with van der Waals surface area (Å²) in [5, 5.41) is 7.85. The van der Waals surface area contributed by atoms with E-state index < -0.39 is 0 Å². The largest absolute Gasteiger partial charge is 0.305 e. The monoisotopic (exact) mass is 276 g/mol. The quantitative estimate of drug-likeness (QED) is 0.882. The third-order valence-electron chi connectivity index (χ3n) is 3.24. The molecule has 20 heavy (non-hydrogen) atoms. The second-order valence-corrected chi connectivity index (χ2v) is 4.81. The van der Waals surface area contributed by atoms with Gasteiger partial charge in [-0.3, -0.25) is 9.67 Å². The van der Waals surface area contributed by atoms with E-state index in [4.69, 9.17) is 0 Å². The summed E-state index contributed by atoms with van der Waals surface area (Å²) in [6.45, 7) is 7.67. The Bertz CT molecular complexity index is 565. The molecule has 0 fully saturated rings. The number of nitrogens with zero attached hydrogens (tertiary/aromatic N) is 3. The van der Waals surface area contributed by atoms with Gasteiger partial charge in [0.15, 0.2) is 0 Å². The van der Waals surface area contributed by atoms with Gasteiger partial charge in [-0.05, 0) is 38.9 Å². The summed E-state index contributed by atoms with van der Waals surface area (Å²) < 4.78 is 16.0. The highest BCUT2D eigenvalue weighted by atomic mass is 19.1. The number of hydrogen-bond acceptors (Lipinski definition) is 3. The second kappa shape index (κ2) is 6.61. The van der Waals surface area contributed by atoms with Crippen LogP contribution in [0.4, 0.5) is 4.39 Å². The van der Waals surface area contributed by atoms with Crippen LogP contribution < -0.4 is 5.32 Å². The Hall–Kier alpha value is -1.75. The van der Waals surface area contributed by atoms with Crippen LogP contribution in [0.3, 0.4) is 0 Å². The molecule has 0 aliphatic heterocycles. The van der Waals surface area contributed by atoms with Crippen molar-refractivity contribution < 1.29 is 4.39 Å². The van der Waals surface area contributed by atoms with Gasteiger partial charge in [0.25, 0.3) is 0 Å². The van der Waals surface area contributed by atoms with Crippen LogP contribution in [0.25, 0.3) is 0 Å². The van der Waals surface area contributed by atoms with E-state index in [1.807, 2.05) is 24.6 Å². The van der Waals surface area contributed by atoms with Gasteiger partial charge in [-0.25, -0.2) is 4.39 Å². The predicted octanol–water partition coefficient (Wildman–Crippen LogP) is 2.83. The highest BCUT2D eigenvalue weighted by molar-refractivity contribution is 5.28. The van der Waals surface area contributed by atoms with E-state index in [0.717, 1.165) is 30.9 Å². The molecule has 1 N–H and O–H groups in total. The third-order valence-corrected chi connectivity index (χ3v) is 3.24. The maximum atomic E-state index is 14.1. The van der Waals surface area contributed by atoms with Crippen molar-refractivity contribution in [2.24, 2.45) is 0 Å². The summed E-state index contributed by atoms with van der Waals surface area (Å²) >= 11 is 0. The molecule has 2 aromatic rings. The van der Waals surface area contributed by atoms with E-state index in [1.54, 1.807) is 12.3 Å². The number of hydrogen-bond donors (Lipinski definition) is 1. The SMILES string of the molecule is CCCNC(c1ccncc1F)c1cc(C)nn1CC. The van der Waals surface area contributed by atoms with Gasteiger partial charge < -0.3 is 5.32 Å². The molecule has 0 aliphatic rings. The molecule has 0 aromatic carbocycles. The van der Waals surface area contributed by atoms with E-state index >= 15 is 0 Å². The van der Waals surface area contributed by atoms with Gasteiger partial charge >= 0.3 is 0 Å². The predicted molar refractivity (Wildman–Crippen MR) is 77.0 cm³/mol. The van der Waals surface area contributed by atoms with E-state index in [-0.39, 0.29) is 11.9 Å². The minimum Gasteiger partial charge on any atom is -0.305 e. The molecular formula is C15H21FN4. The summed E-state index contributed by atoms with van der Waals surface area (Å²) in [5.74, 6) is -0.289. The van der Waals surface area contributed by atoms with E-state index in [9.17, 15) is 4.39 Å².